The molecule has 0 bridgehead atoms. The minimum Gasteiger partial charge on any atom is -0.747 e. The molecule has 4 aromatic rings. The lowest BCUT2D eigenvalue weighted by atomic mass is 10.2. The number of azide groups is 1. The predicted molar refractivity (Wildman–Crippen MR) is 469 cm³/mol. The molecule has 1 atom stereocenters. The van der Waals surface area contributed by atoms with Crippen LogP contribution in [0.15, 0.2) is 100 Å². The largest absolute Gasteiger partial charge is 0.747 e. The van der Waals surface area contributed by atoms with Crippen LogP contribution in [0.25, 0.3) is 10.4 Å². The molecule has 7 rings (SSSR count). The number of terminal acetylenes is 1. The molecular formula is C73H123F4N18O18PS6-2. The van der Waals surface area contributed by atoms with Gasteiger partial charge in [-0.2, -0.15) is 43.3 Å². The first-order valence-corrected chi connectivity index (χ1v) is 44.7. The Balaban J connectivity index is -0.000000241. The van der Waals surface area contributed by atoms with E-state index in [2.05, 4.69) is 189 Å². The molecule has 36 nitrogen and oxygen atoms in total. The number of hydrogen-bond acceptors (Lipinski definition) is 35. The fourth-order valence-electron chi connectivity index (χ4n) is 8.14. The number of amides is 6. The molecule has 3 aliphatic heterocycles. The van der Waals surface area contributed by atoms with E-state index in [0.717, 1.165) is 81.2 Å². The molecule has 0 spiro atoms. The Bertz CT molecular complexity index is 3720. The average Bonchev–Trinajstić information content (AvgIpc) is 0.975. The first kappa shape index (κ1) is 126. The minimum atomic E-state index is -5.67. The smallest absolute Gasteiger partial charge is 0.271 e. The molecule has 3 aliphatic rings. The summed E-state index contributed by atoms with van der Waals surface area (Å²) in [4.78, 5) is 107. The molecule has 1 unspecified atom stereocenters. The van der Waals surface area contributed by atoms with Crippen LogP contribution in [0.3, 0.4) is 0 Å². The Morgan fingerprint density at radius 1 is 0.767 bits per heavy atom. The number of aldehydes is 1. The summed E-state index contributed by atoms with van der Waals surface area (Å²) in [5.74, 6) is 0.0999. The van der Waals surface area contributed by atoms with Gasteiger partial charge in [0, 0.05) is 100.0 Å². The van der Waals surface area contributed by atoms with E-state index in [9.17, 15) is 77.1 Å². The number of likely N-dealkylation sites (N-methyl/N-ethyl adjacent to an activating group) is 1. The second-order valence-electron chi connectivity index (χ2n) is 22.8. The van der Waals surface area contributed by atoms with E-state index in [1.54, 1.807) is 31.1 Å². The highest BCUT2D eigenvalue weighted by molar-refractivity contribution is 8.76. The molecule has 2 fully saturated rings. The van der Waals surface area contributed by atoms with Crippen LogP contribution in [0, 0.1) is 35.6 Å². The maximum absolute atomic E-state index is 12.9. The number of ether oxygens (including phenoxy) is 1. The number of aromatic nitrogens is 1. The van der Waals surface area contributed by atoms with Gasteiger partial charge in [-0.15, -0.1) is 6.42 Å². The normalized spacial score (nSPS) is 12.5. The number of carbonyl (C=O) groups excluding carboxylic acids is 8. The fourth-order valence-corrected chi connectivity index (χ4v) is 15.0. The number of Topliss-reactive ketones (excluding diaryl/α,β-unsaturated/α-hetero) is 1. The van der Waals surface area contributed by atoms with Crippen molar-refractivity contribution in [3.8, 4) is 18.1 Å². The highest BCUT2D eigenvalue weighted by Gasteiger charge is 2.43. The number of hydrazine groups is 1. The number of pyridine rings is 1. The zero-order valence-corrected chi connectivity index (χ0v) is 77.5. The monoisotopic (exact) mass is 1840 g/mol. The first-order valence-electron chi connectivity index (χ1n) is 35.7. The van der Waals surface area contributed by atoms with Crippen molar-refractivity contribution in [2.75, 3.05) is 176 Å². The molecular weight excluding hydrogens is 1720 g/mol. The maximum atomic E-state index is 12.9. The van der Waals surface area contributed by atoms with E-state index in [0.29, 0.717) is 45.6 Å². The van der Waals surface area contributed by atoms with Gasteiger partial charge in [-0.3, -0.25) is 59.4 Å². The number of imide groups is 3. The van der Waals surface area contributed by atoms with Crippen molar-refractivity contribution in [1.29, 1.82) is 0 Å². The Morgan fingerprint density at radius 3 is 1.54 bits per heavy atom. The Morgan fingerprint density at radius 2 is 1.23 bits per heavy atom. The molecule has 3 aromatic carbocycles. The summed E-state index contributed by atoms with van der Waals surface area (Å²) < 4.78 is 118. The van der Waals surface area contributed by atoms with Gasteiger partial charge in [0.15, 0.2) is 17.4 Å². The van der Waals surface area contributed by atoms with Crippen LogP contribution >= 0.6 is 53.9 Å². The summed E-state index contributed by atoms with van der Waals surface area (Å²) in [6, 6.07) is 24.3. The number of thiol groups is 1. The van der Waals surface area contributed by atoms with Crippen molar-refractivity contribution in [3.05, 3.63) is 130 Å². The first-order chi connectivity index (χ1) is 56.9. The van der Waals surface area contributed by atoms with Crippen molar-refractivity contribution in [2.45, 2.75) is 87.1 Å². The Kier molecular flexibility index (Phi) is 85.5. The van der Waals surface area contributed by atoms with Crippen molar-refractivity contribution in [2.24, 2.45) is 22.6 Å². The number of carbonyl (C=O) groups is 8. The summed E-state index contributed by atoms with van der Waals surface area (Å²) in [6.07, 6.45) is 17.2. The molecule has 1 aromatic heterocycles. The molecule has 684 valence electrons. The Labute approximate surface area is 724 Å². The second kappa shape index (κ2) is 81.5. The van der Waals surface area contributed by atoms with Crippen LogP contribution in [-0.2, 0) is 86.2 Å². The van der Waals surface area contributed by atoms with Crippen LogP contribution in [0.4, 0.5) is 17.6 Å². The summed E-state index contributed by atoms with van der Waals surface area (Å²) in [5, 5.41) is 20.9. The van der Waals surface area contributed by atoms with Crippen LogP contribution in [0.1, 0.15) is 69.9 Å². The number of ketones is 1. The van der Waals surface area contributed by atoms with Gasteiger partial charge in [0.2, 0.25) is 11.6 Å². The number of hydroxylamine groups is 4. The standard InChI is InChI=1S/C20H29N2PS.C8H12N2S2.C7H4F4O4S.C7H10N2O2.C7H15NO.C5H7NO6S.C5H7NO3.C4H12N2O.C4H7N.C2H4O.CH3N3.CH6N2.CH5N.CH4S/c1-21(2)14-17-8-6-10-19(12-17)23(16-24-5)20-11-7-9-18(13-20)15-22(3)4;1-9-6-7-11-12-8-4-2-3-5-10-8;1-15-6-2(8)4(10)7(16(12,13)14)5(11)3(6)9;1-8-4-5-9-6(10)2-3-7(9)11;1-3-7(9)5-4-6-8-2;1-12-6-4(7)2-3(5(6)8)13(9,10)11;1-9-6-4(7)2-3-5(6)8;1-6-3-2-4-7-5;1-3-4-5-2;1-2-3;1-3-4-2;1-3-2;2*1-2/h6-13H,14-16H2,1-5H3;2-5,9H,6-7H2,1H3;1H3,(H,12,13,14);2-3,8H,4-5H2,1H3;8H,3-6H2,1-2H3;3H,2H2,1H3,(H,9,10,11);2-3H2,1H3;6H,2-5H2,1H3;1,5H,4H2,2H3;2H,1H3;1H3;3H,2H2,1H3;2H2,1H3;2H,1H3/p-2. The van der Waals surface area contributed by atoms with Gasteiger partial charge in [0.05, 0.1) is 40.9 Å². The highest BCUT2D eigenvalue weighted by Crippen LogP contribution is 2.38. The maximum Gasteiger partial charge on any atom is 0.271 e. The molecule has 4 heterocycles. The van der Waals surface area contributed by atoms with Crippen molar-refractivity contribution < 1.29 is 101 Å². The van der Waals surface area contributed by atoms with E-state index in [4.69, 9.17) is 22.6 Å². The van der Waals surface area contributed by atoms with E-state index in [1.165, 1.54) is 72.4 Å². The minimum absolute atomic E-state index is 0.217. The van der Waals surface area contributed by atoms with Crippen LogP contribution in [0.2, 0.25) is 0 Å². The molecule has 6 amide bonds. The van der Waals surface area contributed by atoms with Crippen LogP contribution < -0.4 is 64.8 Å². The zero-order chi connectivity index (χ0) is 93.8. The van der Waals surface area contributed by atoms with E-state index < -0.39 is 77.6 Å². The zero-order valence-electron chi connectivity index (χ0n) is 71.6. The number of rotatable bonds is 31. The van der Waals surface area contributed by atoms with Crippen LogP contribution in [0.5, 0.6) is 5.75 Å². The lowest BCUT2D eigenvalue weighted by molar-refractivity contribution is -0.180. The number of halogens is 4. The summed E-state index contributed by atoms with van der Waals surface area (Å²) >= 11 is 5.47. The lowest BCUT2D eigenvalue weighted by Gasteiger charge is -2.20. The van der Waals surface area contributed by atoms with E-state index in [-0.39, 0.29) is 49.5 Å². The number of nitrogens with zero attached hydrogens (tertiary/aromatic N) is 9. The van der Waals surface area contributed by atoms with Crippen LogP contribution in [-0.4, -0.2) is 284 Å². The lowest BCUT2D eigenvalue weighted by Crippen LogP contribution is -2.35. The predicted octanol–water partition coefficient (Wildman–Crippen LogP) is 4.43. The number of benzene rings is 3. The summed E-state index contributed by atoms with van der Waals surface area (Å²) in [5.41, 5.74) is 18.1. The number of hydrogen-bond donors (Lipinski definition) is 10. The van der Waals surface area contributed by atoms with E-state index in [1.807, 2.05) is 82.1 Å². The number of thioether (sulfide) groups is 1. The topological polar surface area (TPSA) is 516 Å². The van der Waals surface area contributed by atoms with Gasteiger partial charge in [-0.05, 0) is 193 Å². The van der Waals surface area contributed by atoms with Gasteiger partial charge >= 0.3 is 0 Å². The van der Waals surface area contributed by atoms with Crippen molar-refractivity contribution in [3.63, 3.8) is 0 Å². The molecule has 0 saturated carbocycles. The van der Waals surface area contributed by atoms with Gasteiger partial charge in [0.1, 0.15) is 47.5 Å². The molecule has 120 heavy (non-hydrogen) atoms. The van der Waals surface area contributed by atoms with Gasteiger partial charge < -0.3 is 65.6 Å². The molecule has 2 saturated heterocycles. The molecule has 0 radical (unpaired) electrons. The SMILES string of the molecule is C#CCNC.CC=O.CCC(=O)CCCNC.CN.CN=[N+]=[N-].CNCCCON.CNCCN1C(=O)C=CC1=O.CNCCSSc1ccccn1.CNN.CON1C(=O)CC(S(=O)(=O)[O-])C1=O.CON1C(=O)CCC1=O.COc1c(F)c(F)c(S(=O)(=O)[O-])c(F)c1F.CS.CSCP(c1cccc(CN(C)C)c1)c1cccc(CN(C)C)c1. The summed E-state index contributed by atoms with van der Waals surface area (Å²) in [7, 11) is 18.3. The molecule has 47 heteroatoms. The highest BCUT2D eigenvalue weighted by atomic mass is 33.1. The van der Waals surface area contributed by atoms with Crippen molar-refractivity contribution in [1.82, 2.24) is 61.8 Å². The summed E-state index contributed by atoms with van der Waals surface area (Å²) in [6.45, 7) is 10.7. The van der Waals surface area contributed by atoms with Gasteiger partial charge in [-0.1, -0.05) is 71.2 Å². The molecule has 0 aliphatic carbocycles. The average molecular weight is 1840 g/mol. The third-order valence-corrected chi connectivity index (χ3v) is 21.2. The van der Waals surface area contributed by atoms with Gasteiger partial charge in [-0.25, -0.2) is 36.5 Å². The number of nitrogens with two attached hydrogens (primary N) is 3. The Hall–Kier alpha value is -7.21. The third kappa shape index (κ3) is 61.1. The van der Waals surface area contributed by atoms with Crippen molar-refractivity contribution >= 4 is 132 Å². The van der Waals surface area contributed by atoms with Gasteiger partial charge in [0.25, 0.3) is 35.4 Å². The molecule has 12 N–H and O–H groups in total. The quantitative estimate of drug-likeness (QED) is 0.00264. The third-order valence-electron chi connectivity index (χ3n) is 13.2. The second-order valence-corrected chi connectivity index (χ2v) is 31.6. The van der Waals surface area contributed by atoms with E-state index >= 15 is 0 Å². The number of methoxy groups -OCH3 is 1. The fraction of sp³-hybridized carbons (Fsp3) is 0.521. The number of nitrogens with one attached hydrogen (secondary N) is 6.